The van der Waals surface area contributed by atoms with Crippen molar-refractivity contribution in [3.8, 4) is 11.5 Å². The normalized spacial score (nSPS) is 13.9. The SMILES string of the molecule is CCc1ccc([C@@H](CNC(=O)/C=C/c2ccc3c(c2)OCO3)N(C)C)cc1. The fraction of sp³-hybridized carbons (Fsp3) is 0.318. The van der Waals surface area contributed by atoms with E-state index in [1.807, 2.05) is 32.3 Å². The third kappa shape index (κ3) is 4.89. The van der Waals surface area contributed by atoms with Crippen molar-refractivity contribution in [2.45, 2.75) is 19.4 Å². The highest BCUT2D eigenvalue weighted by Crippen LogP contribution is 2.32. The summed E-state index contributed by atoms with van der Waals surface area (Å²) in [6.07, 6.45) is 4.34. The molecule has 0 fully saturated rings. The second-order valence-electron chi connectivity index (χ2n) is 6.77. The predicted molar refractivity (Wildman–Crippen MR) is 107 cm³/mol. The molecule has 1 amide bonds. The summed E-state index contributed by atoms with van der Waals surface area (Å²) in [7, 11) is 4.04. The molecule has 0 aromatic heterocycles. The van der Waals surface area contributed by atoms with E-state index in [9.17, 15) is 4.79 Å². The molecule has 0 aliphatic carbocycles. The Morgan fingerprint density at radius 3 is 2.59 bits per heavy atom. The van der Waals surface area contributed by atoms with Crippen LogP contribution in [0.3, 0.4) is 0 Å². The van der Waals surface area contributed by atoms with E-state index < -0.39 is 0 Å². The molecule has 1 N–H and O–H groups in total. The summed E-state index contributed by atoms with van der Waals surface area (Å²) >= 11 is 0. The molecule has 1 atom stereocenters. The maximum Gasteiger partial charge on any atom is 0.244 e. The number of ether oxygens (including phenoxy) is 2. The largest absolute Gasteiger partial charge is 0.454 e. The van der Waals surface area contributed by atoms with Gasteiger partial charge in [-0.25, -0.2) is 0 Å². The van der Waals surface area contributed by atoms with E-state index in [4.69, 9.17) is 9.47 Å². The summed E-state index contributed by atoms with van der Waals surface area (Å²) < 4.78 is 10.6. The zero-order valence-electron chi connectivity index (χ0n) is 16.1. The predicted octanol–water partition coefficient (Wildman–Crippen LogP) is 3.41. The van der Waals surface area contributed by atoms with E-state index in [1.54, 1.807) is 12.2 Å². The number of hydrogen-bond donors (Lipinski definition) is 1. The van der Waals surface area contributed by atoms with Crippen LogP contribution < -0.4 is 14.8 Å². The first kappa shape index (κ1) is 19.0. The van der Waals surface area contributed by atoms with Crippen molar-refractivity contribution in [2.75, 3.05) is 27.4 Å². The Kier molecular flexibility index (Phi) is 6.14. The molecule has 2 aromatic carbocycles. The number of fused-ring (bicyclic) bond motifs is 1. The Balaban J connectivity index is 1.58. The lowest BCUT2D eigenvalue weighted by Crippen LogP contribution is -2.33. The van der Waals surface area contributed by atoms with Crippen LogP contribution in [0, 0.1) is 0 Å². The number of amides is 1. The van der Waals surface area contributed by atoms with Crippen LogP contribution in [-0.4, -0.2) is 38.2 Å². The molecular weight excluding hydrogens is 340 g/mol. The van der Waals surface area contributed by atoms with E-state index in [0.717, 1.165) is 17.7 Å². The quantitative estimate of drug-likeness (QED) is 0.763. The van der Waals surface area contributed by atoms with E-state index in [2.05, 4.69) is 41.4 Å². The van der Waals surface area contributed by atoms with Crippen LogP contribution in [0.2, 0.25) is 0 Å². The van der Waals surface area contributed by atoms with Gasteiger partial charge in [-0.2, -0.15) is 0 Å². The van der Waals surface area contributed by atoms with E-state index in [0.29, 0.717) is 12.3 Å². The highest BCUT2D eigenvalue weighted by molar-refractivity contribution is 5.91. The third-order valence-corrected chi connectivity index (χ3v) is 4.69. The number of carbonyl (C=O) groups excluding carboxylic acids is 1. The molecule has 1 aliphatic rings. The minimum atomic E-state index is -0.121. The summed E-state index contributed by atoms with van der Waals surface area (Å²) in [6.45, 7) is 2.93. The van der Waals surface area contributed by atoms with Gasteiger partial charge in [-0.05, 0) is 55.4 Å². The van der Waals surface area contributed by atoms with E-state index >= 15 is 0 Å². The topological polar surface area (TPSA) is 50.8 Å². The van der Waals surface area contributed by atoms with Gasteiger partial charge in [0.25, 0.3) is 0 Å². The van der Waals surface area contributed by atoms with Gasteiger partial charge in [0.05, 0.1) is 6.04 Å². The smallest absolute Gasteiger partial charge is 0.244 e. The van der Waals surface area contributed by atoms with Crippen molar-refractivity contribution in [1.29, 1.82) is 0 Å². The maximum absolute atomic E-state index is 12.2. The molecule has 0 bridgehead atoms. The molecule has 5 nitrogen and oxygen atoms in total. The molecule has 142 valence electrons. The average Bonchev–Trinajstić information content (AvgIpc) is 3.14. The molecule has 0 saturated heterocycles. The Labute approximate surface area is 160 Å². The van der Waals surface area contributed by atoms with Crippen molar-refractivity contribution in [1.82, 2.24) is 10.2 Å². The van der Waals surface area contributed by atoms with Gasteiger partial charge in [0.2, 0.25) is 12.7 Å². The molecular formula is C22H26N2O3. The number of hydrogen-bond acceptors (Lipinski definition) is 4. The van der Waals surface area contributed by atoms with E-state index in [1.165, 1.54) is 11.1 Å². The number of aryl methyl sites for hydroxylation is 1. The summed E-state index contributed by atoms with van der Waals surface area (Å²) in [5, 5.41) is 2.99. The van der Waals surface area contributed by atoms with Crippen molar-refractivity contribution >= 4 is 12.0 Å². The van der Waals surface area contributed by atoms with Crippen LogP contribution in [0.1, 0.15) is 29.7 Å². The number of likely N-dealkylation sites (N-methyl/N-ethyl adjacent to an activating group) is 1. The summed E-state index contributed by atoms with van der Waals surface area (Å²) in [5.74, 6) is 1.32. The Bertz CT molecular complexity index is 813. The Morgan fingerprint density at radius 1 is 1.15 bits per heavy atom. The molecule has 0 spiro atoms. The van der Waals surface area contributed by atoms with Crippen molar-refractivity contribution in [3.05, 3.63) is 65.2 Å². The molecule has 5 heteroatoms. The fourth-order valence-electron chi connectivity index (χ4n) is 3.02. The summed E-state index contributed by atoms with van der Waals surface area (Å²) in [6, 6.07) is 14.3. The van der Waals surface area contributed by atoms with Gasteiger partial charge in [-0.3, -0.25) is 4.79 Å². The first-order valence-corrected chi connectivity index (χ1v) is 9.17. The fourth-order valence-corrected chi connectivity index (χ4v) is 3.02. The van der Waals surface area contributed by atoms with Gasteiger partial charge in [0, 0.05) is 12.6 Å². The molecule has 2 aromatic rings. The number of rotatable bonds is 7. The lowest BCUT2D eigenvalue weighted by Gasteiger charge is -2.25. The van der Waals surface area contributed by atoms with Crippen molar-refractivity contribution in [2.24, 2.45) is 0 Å². The van der Waals surface area contributed by atoms with Crippen LogP contribution in [0.4, 0.5) is 0 Å². The number of benzene rings is 2. The van der Waals surface area contributed by atoms with Crippen LogP contribution >= 0.6 is 0 Å². The standard InChI is InChI=1S/C22H26N2O3/c1-4-16-5-9-18(10-6-16)19(24(2)3)14-23-22(25)12-8-17-7-11-20-21(13-17)27-15-26-20/h5-13,19H,4,14-15H2,1-3H3,(H,23,25)/b12-8+/t19-/m1/s1. The van der Waals surface area contributed by atoms with Gasteiger partial charge < -0.3 is 19.7 Å². The summed E-state index contributed by atoms with van der Waals surface area (Å²) in [4.78, 5) is 14.4. The highest BCUT2D eigenvalue weighted by Gasteiger charge is 2.15. The molecule has 0 radical (unpaired) electrons. The first-order chi connectivity index (χ1) is 13.1. The second kappa shape index (κ2) is 8.73. The van der Waals surface area contributed by atoms with E-state index in [-0.39, 0.29) is 18.7 Å². The average molecular weight is 366 g/mol. The number of nitrogens with zero attached hydrogens (tertiary/aromatic N) is 1. The number of nitrogens with one attached hydrogen (secondary N) is 1. The van der Waals surface area contributed by atoms with Gasteiger partial charge >= 0.3 is 0 Å². The zero-order chi connectivity index (χ0) is 19.2. The third-order valence-electron chi connectivity index (χ3n) is 4.69. The highest BCUT2D eigenvalue weighted by atomic mass is 16.7. The summed E-state index contributed by atoms with van der Waals surface area (Å²) in [5.41, 5.74) is 3.40. The lowest BCUT2D eigenvalue weighted by atomic mass is 10.0. The van der Waals surface area contributed by atoms with Crippen molar-refractivity contribution in [3.63, 3.8) is 0 Å². The molecule has 0 saturated carbocycles. The molecule has 3 rings (SSSR count). The Hall–Kier alpha value is -2.79. The lowest BCUT2D eigenvalue weighted by molar-refractivity contribution is -0.116. The minimum Gasteiger partial charge on any atom is -0.454 e. The van der Waals surface area contributed by atoms with Gasteiger partial charge in [-0.15, -0.1) is 0 Å². The first-order valence-electron chi connectivity index (χ1n) is 9.17. The molecule has 1 heterocycles. The molecule has 0 unspecified atom stereocenters. The maximum atomic E-state index is 12.2. The van der Waals surface area contributed by atoms with Gasteiger partial charge in [0.1, 0.15) is 0 Å². The van der Waals surface area contributed by atoms with Gasteiger partial charge in [0.15, 0.2) is 11.5 Å². The minimum absolute atomic E-state index is 0.121. The Morgan fingerprint density at radius 2 is 1.89 bits per heavy atom. The van der Waals surface area contributed by atoms with Crippen LogP contribution in [0.15, 0.2) is 48.5 Å². The number of carbonyl (C=O) groups is 1. The molecule has 1 aliphatic heterocycles. The van der Waals surface area contributed by atoms with Crippen LogP contribution in [0.25, 0.3) is 6.08 Å². The molecule has 27 heavy (non-hydrogen) atoms. The zero-order valence-corrected chi connectivity index (χ0v) is 16.1. The second-order valence-corrected chi connectivity index (χ2v) is 6.77. The van der Waals surface area contributed by atoms with Crippen molar-refractivity contribution < 1.29 is 14.3 Å². The van der Waals surface area contributed by atoms with Crippen LogP contribution in [0.5, 0.6) is 11.5 Å². The van der Waals surface area contributed by atoms with Gasteiger partial charge in [-0.1, -0.05) is 37.3 Å². The monoisotopic (exact) mass is 366 g/mol. The van der Waals surface area contributed by atoms with Crippen LogP contribution in [-0.2, 0) is 11.2 Å².